The van der Waals surface area contributed by atoms with Crippen LogP contribution in [-0.4, -0.2) is 58.6 Å². The Kier molecular flexibility index (Phi) is 7.39. The summed E-state index contributed by atoms with van der Waals surface area (Å²) in [5.41, 5.74) is 2.08. The van der Waals surface area contributed by atoms with Crippen LogP contribution in [-0.2, 0) is 17.8 Å². The Morgan fingerprint density at radius 2 is 1.78 bits per heavy atom. The molecule has 0 unspecified atom stereocenters. The number of carbonyl (C=O) groups is 1. The quantitative estimate of drug-likeness (QED) is 0.511. The van der Waals surface area contributed by atoms with Gasteiger partial charge in [-0.2, -0.15) is 4.98 Å². The van der Waals surface area contributed by atoms with Crippen LogP contribution in [0.5, 0.6) is 5.75 Å². The zero-order valence-electron chi connectivity index (χ0n) is 18.2. The standard InChI is InChI=1S/C24H27ClN4O3/c1-2-31-21-9-5-19(6-10-21)24-26-22(32-27-24)11-12-23(30)29-15-13-28(14-16-29)17-18-3-7-20(25)8-4-18/h3-10H,2,11-17H2,1H3. The van der Waals surface area contributed by atoms with Gasteiger partial charge in [-0.25, -0.2) is 0 Å². The number of aryl methyl sites for hydroxylation is 1. The Labute approximate surface area is 192 Å². The number of benzene rings is 2. The van der Waals surface area contributed by atoms with Crippen molar-refractivity contribution in [2.75, 3.05) is 32.8 Å². The van der Waals surface area contributed by atoms with E-state index in [1.807, 2.05) is 60.4 Å². The number of piperazine rings is 1. The summed E-state index contributed by atoms with van der Waals surface area (Å²) in [5, 5.41) is 4.79. The summed E-state index contributed by atoms with van der Waals surface area (Å²) in [6.07, 6.45) is 0.802. The second kappa shape index (κ2) is 10.6. The van der Waals surface area contributed by atoms with Crippen LogP contribution in [0, 0.1) is 0 Å². The summed E-state index contributed by atoms with van der Waals surface area (Å²) in [7, 11) is 0. The third-order valence-corrected chi connectivity index (χ3v) is 5.74. The monoisotopic (exact) mass is 454 g/mol. The van der Waals surface area contributed by atoms with Gasteiger partial charge >= 0.3 is 0 Å². The molecule has 2 heterocycles. The number of hydrogen-bond acceptors (Lipinski definition) is 6. The van der Waals surface area contributed by atoms with Gasteiger partial charge in [0.05, 0.1) is 6.61 Å². The number of rotatable bonds is 8. The van der Waals surface area contributed by atoms with Gasteiger partial charge in [0.2, 0.25) is 17.6 Å². The number of ether oxygens (including phenoxy) is 1. The molecule has 8 heteroatoms. The maximum Gasteiger partial charge on any atom is 0.227 e. The van der Waals surface area contributed by atoms with Crippen molar-refractivity contribution in [2.45, 2.75) is 26.3 Å². The third kappa shape index (κ3) is 5.87. The average Bonchev–Trinajstić information content (AvgIpc) is 3.29. The van der Waals surface area contributed by atoms with Gasteiger partial charge < -0.3 is 14.2 Å². The second-order valence-electron chi connectivity index (χ2n) is 7.75. The molecule has 0 spiro atoms. The number of nitrogens with zero attached hydrogens (tertiary/aromatic N) is 4. The topological polar surface area (TPSA) is 71.7 Å². The van der Waals surface area contributed by atoms with Crippen LogP contribution in [0.4, 0.5) is 0 Å². The molecule has 1 aliphatic rings. The smallest absolute Gasteiger partial charge is 0.227 e. The molecule has 0 N–H and O–H groups in total. The maximum atomic E-state index is 12.6. The lowest BCUT2D eigenvalue weighted by molar-refractivity contribution is -0.133. The fourth-order valence-corrected chi connectivity index (χ4v) is 3.84. The molecule has 0 radical (unpaired) electrons. The van der Waals surface area contributed by atoms with Gasteiger partial charge in [0, 0.05) is 56.2 Å². The normalized spacial score (nSPS) is 14.5. The molecule has 4 rings (SSSR count). The fraction of sp³-hybridized carbons (Fsp3) is 0.375. The highest BCUT2D eigenvalue weighted by Crippen LogP contribution is 2.20. The minimum absolute atomic E-state index is 0.122. The summed E-state index contributed by atoms with van der Waals surface area (Å²) in [5.74, 6) is 1.92. The Hall–Kier alpha value is -2.90. The van der Waals surface area contributed by atoms with Crippen LogP contribution >= 0.6 is 11.6 Å². The number of amides is 1. The van der Waals surface area contributed by atoms with Gasteiger partial charge in [-0.15, -0.1) is 0 Å². The Balaban J connectivity index is 1.23. The highest BCUT2D eigenvalue weighted by atomic mass is 35.5. The van der Waals surface area contributed by atoms with Gasteiger partial charge in [0.25, 0.3) is 0 Å². The van der Waals surface area contributed by atoms with Gasteiger partial charge in [0.15, 0.2) is 0 Å². The molecule has 1 fully saturated rings. The molecule has 32 heavy (non-hydrogen) atoms. The first kappa shape index (κ1) is 22.3. The molecule has 0 aliphatic carbocycles. The van der Waals surface area contributed by atoms with Crippen molar-refractivity contribution >= 4 is 17.5 Å². The van der Waals surface area contributed by atoms with Crippen molar-refractivity contribution in [1.82, 2.24) is 19.9 Å². The summed E-state index contributed by atoms with van der Waals surface area (Å²) >= 11 is 5.95. The average molecular weight is 455 g/mol. The van der Waals surface area contributed by atoms with Crippen molar-refractivity contribution in [3.05, 3.63) is 65.0 Å². The molecule has 1 aliphatic heterocycles. The highest BCUT2D eigenvalue weighted by molar-refractivity contribution is 6.30. The summed E-state index contributed by atoms with van der Waals surface area (Å²) in [6, 6.07) is 15.5. The molecule has 1 saturated heterocycles. The molecule has 0 atom stereocenters. The zero-order valence-corrected chi connectivity index (χ0v) is 18.9. The van der Waals surface area contributed by atoms with Crippen molar-refractivity contribution in [3.8, 4) is 17.1 Å². The molecule has 168 valence electrons. The lowest BCUT2D eigenvalue weighted by atomic mass is 10.2. The Morgan fingerprint density at radius 3 is 2.47 bits per heavy atom. The van der Waals surface area contributed by atoms with E-state index < -0.39 is 0 Å². The van der Waals surface area contributed by atoms with E-state index in [4.69, 9.17) is 20.9 Å². The molecule has 1 amide bonds. The molecular formula is C24H27ClN4O3. The summed E-state index contributed by atoms with van der Waals surface area (Å²) in [4.78, 5) is 21.3. The van der Waals surface area contributed by atoms with Crippen LogP contribution in [0.1, 0.15) is 24.8 Å². The van der Waals surface area contributed by atoms with Gasteiger partial charge in [-0.3, -0.25) is 9.69 Å². The van der Waals surface area contributed by atoms with E-state index in [0.29, 0.717) is 31.2 Å². The van der Waals surface area contributed by atoms with E-state index in [-0.39, 0.29) is 5.91 Å². The zero-order chi connectivity index (χ0) is 22.3. The summed E-state index contributed by atoms with van der Waals surface area (Å²) in [6.45, 7) is 6.61. The fourth-order valence-electron chi connectivity index (χ4n) is 3.72. The van der Waals surface area contributed by atoms with Crippen LogP contribution in [0.2, 0.25) is 5.02 Å². The Morgan fingerprint density at radius 1 is 1.06 bits per heavy atom. The number of aromatic nitrogens is 2. The van der Waals surface area contributed by atoms with Gasteiger partial charge in [0.1, 0.15) is 5.75 Å². The number of hydrogen-bond donors (Lipinski definition) is 0. The molecule has 1 aromatic heterocycles. The maximum absolute atomic E-state index is 12.6. The first-order valence-electron chi connectivity index (χ1n) is 10.9. The molecule has 2 aromatic carbocycles. The van der Waals surface area contributed by atoms with Gasteiger partial charge in [-0.05, 0) is 48.9 Å². The van der Waals surface area contributed by atoms with Crippen molar-refractivity contribution < 1.29 is 14.1 Å². The minimum atomic E-state index is 0.122. The first-order valence-corrected chi connectivity index (χ1v) is 11.3. The SMILES string of the molecule is CCOc1ccc(-c2noc(CCC(=O)N3CCN(Cc4ccc(Cl)cc4)CC3)n2)cc1. The largest absolute Gasteiger partial charge is 0.494 e. The van der Waals surface area contributed by atoms with Crippen LogP contribution < -0.4 is 4.74 Å². The van der Waals surface area contributed by atoms with E-state index in [1.165, 1.54) is 5.56 Å². The van der Waals surface area contributed by atoms with E-state index in [0.717, 1.165) is 49.1 Å². The lowest BCUT2D eigenvalue weighted by Crippen LogP contribution is -2.48. The molecule has 7 nitrogen and oxygen atoms in total. The number of halogens is 1. The van der Waals surface area contributed by atoms with Crippen molar-refractivity contribution in [3.63, 3.8) is 0 Å². The van der Waals surface area contributed by atoms with Crippen LogP contribution in [0.15, 0.2) is 53.1 Å². The number of carbonyl (C=O) groups excluding carboxylic acids is 1. The molecule has 0 bridgehead atoms. The Bertz CT molecular complexity index is 1010. The van der Waals surface area contributed by atoms with Crippen molar-refractivity contribution in [2.24, 2.45) is 0 Å². The lowest BCUT2D eigenvalue weighted by Gasteiger charge is -2.34. The van der Waals surface area contributed by atoms with Gasteiger partial charge in [-0.1, -0.05) is 28.9 Å². The third-order valence-electron chi connectivity index (χ3n) is 5.49. The molecule has 0 saturated carbocycles. The van der Waals surface area contributed by atoms with Crippen LogP contribution in [0.3, 0.4) is 0 Å². The summed E-state index contributed by atoms with van der Waals surface area (Å²) < 4.78 is 10.8. The van der Waals surface area contributed by atoms with E-state index in [9.17, 15) is 4.79 Å². The van der Waals surface area contributed by atoms with Crippen LogP contribution in [0.25, 0.3) is 11.4 Å². The predicted octanol–water partition coefficient (Wildman–Crippen LogP) is 4.07. The van der Waals surface area contributed by atoms with E-state index in [1.54, 1.807) is 0 Å². The predicted molar refractivity (Wildman–Crippen MR) is 123 cm³/mol. The molecule has 3 aromatic rings. The van der Waals surface area contributed by atoms with E-state index in [2.05, 4.69) is 15.0 Å². The van der Waals surface area contributed by atoms with E-state index >= 15 is 0 Å². The van der Waals surface area contributed by atoms with Crippen molar-refractivity contribution in [1.29, 1.82) is 0 Å². The first-order chi connectivity index (χ1) is 15.6. The highest BCUT2D eigenvalue weighted by Gasteiger charge is 2.21. The second-order valence-corrected chi connectivity index (χ2v) is 8.19. The minimum Gasteiger partial charge on any atom is -0.494 e. The molecular weight excluding hydrogens is 428 g/mol.